The van der Waals surface area contributed by atoms with Crippen molar-refractivity contribution in [1.29, 1.82) is 0 Å². The fourth-order valence-electron chi connectivity index (χ4n) is 3.60. The quantitative estimate of drug-likeness (QED) is 0.541. The summed E-state index contributed by atoms with van der Waals surface area (Å²) in [6.45, 7) is 3.02. The first-order chi connectivity index (χ1) is 14.1. The summed E-state index contributed by atoms with van der Waals surface area (Å²) in [4.78, 5) is 20.1. The van der Waals surface area contributed by atoms with Crippen LogP contribution < -0.4 is 5.73 Å². The van der Waals surface area contributed by atoms with E-state index in [1.165, 1.54) is 0 Å². The molecule has 2 aromatic carbocycles. The Morgan fingerprint density at radius 1 is 1.24 bits per heavy atom. The lowest BCUT2D eigenvalue weighted by Gasteiger charge is -2.21. The zero-order chi connectivity index (χ0) is 20.0. The van der Waals surface area contributed by atoms with Gasteiger partial charge in [-0.15, -0.1) is 11.3 Å². The monoisotopic (exact) mass is 421 g/mol. The number of rotatable bonds is 4. The van der Waals surface area contributed by atoms with Gasteiger partial charge >= 0.3 is 0 Å². The zero-order valence-electron chi connectivity index (χ0n) is 15.8. The Bertz CT molecular complexity index is 1190. The maximum atomic E-state index is 12.9. The molecule has 6 nitrogen and oxygen atoms in total. The summed E-state index contributed by atoms with van der Waals surface area (Å²) < 4.78 is 3.03. The second-order valence-corrected chi connectivity index (χ2v) is 9.02. The van der Waals surface area contributed by atoms with Gasteiger partial charge < -0.3 is 10.6 Å². The second-order valence-electron chi connectivity index (χ2n) is 7.11. The first-order valence-corrected chi connectivity index (χ1v) is 10.9. The number of nitrogens with zero attached hydrogens (tertiary/aromatic N) is 4. The molecule has 1 aliphatic heterocycles. The van der Waals surface area contributed by atoms with Crippen LogP contribution in [-0.2, 0) is 17.9 Å². The van der Waals surface area contributed by atoms with Gasteiger partial charge in [0.2, 0.25) is 5.91 Å². The molecular weight excluding hydrogens is 402 g/mol. The standard InChI is InChI=1S/C21H19N5OS2/c1-13-4-2-3-5-16(13)20(22)21(27)25-9-14-10-26(24-18(14)11-25)29-15-6-7-17-19(8-15)28-12-23-17/h2-8,10,12,20H,9,11,22H2,1H3. The molecule has 0 aliphatic carbocycles. The fourth-order valence-corrected chi connectivity index (χ4v) is 5.22. The maximum absolute atomic E-state index is 12.9. The number of carbonyl (C=O) groups excluding carboxylic acids is 1. The molecule has 0 spiro atoms. The van der Waals surface area contributed by atoms with Crippen LogP contribution in [0.15, 0.2) is 59.1 Å². The average Bonchev–Trinajstić information content (AvgIpc) is 3.41. The van der Waals surface area contributed by atoms with E-state index in [2.05, 4.69) is 22.2 Å². The predicted molar refractivity (Wildman–Crippen MR) is 115 cm³/mol. The average molecular weight is 422 g/mol. The highest BCUT2D eigenvalue weighted by Crippen LogP contribution is 2.30. The van der Waals surface area contributed by atoms with Crippen LogP contribution in [-0.4, -0.2) is 25.0 Å². The van der Waals surface area contributed by atoms with Gasteiger partial charge in [0.1, 0.15) is 6.04 Å². The summed E-state index contributed by atoms with van der Waals surface area (Å²) in [7, 11) is 0. The molecule has 4 aromatic rings. The minimum atomic E-state index is -0.646. The van der Waals surface area contributed by atoms with Gasteiger partial charge in [0.05, 0.1) is 28.0 Å². The normalized spacial score (nSPS) is 14.3. The van der Waals surface area contributed by atoms with Crippen LogP contribution in [0.1, 0.15) is 28.4 Å². The number of aromatic nitrogens is 3. The van der Waals surface area contributed by atoms with E-state index in [0.29, 0.717) is 13.1 Å². The number of nitrogens with two attached hydrogens (primary N) is 1. The summed E-state index contributed by atoms with van der Waals surface area (Å²) in [5.41, 5.74) is 13.0. The van der Waals surface area contributed by atoms with Crippen molar-refractivity contribution in [3.05, 3.63) is 76.6 Å². The predicted octanol–water partition coefficient (Wildman–Crippen LogP) is 3.90. The van der Waals surface area contributed by atoms with Gasteiger partial charge in [-0.3, -0.25) is 4.79 Å². The topological polar surface area (TPSA) is 77.0 Å². The summed E-state index contributed by atoms with van der Waals surface area (Å²) in [6, 6.07) is 13.3. The van der Waals surface area contributed by atoms with E-state index in [4.69, 9.17) is 5.73 Å². The maximum Gasteiger partial charge on any atom is 0.244 e. The third kappa shape index (κ3) is 3.43. The lowest BCUT2D eigenvalue weighted by Crippen LogP contribution is -2.35. The van der Waals surface area contributed by atoms with E-state index in [0.717, 1.165) is 37.5 Å². The van der Waals surface area contributed by atoms with Crippen molar-refractivity contribution in [2.75, 3.05) is 0 Å². The summed E-state index contributed by atoms with van der Waals surface area (Å²) in [5.74, 6) is -0.0628. The van der Waals surface area contributed by atoms with Gasteiger partial charge in [0.15, 0.2) is 0 Å². The van der Waals surface area contributed by atoms with Crippen LogP contribution in [0.3, 0.4) is 0 Å². The van der Waals surface area contributed by atoms with Crippen LogP contribution >= 0.6 is 23.3 Å². The fraction of sp³-hybridized carbons (Fsp3) is 0.190. The van der Waals surface area contributed by atoms with Gasteiger partial charge in [0.25, 0.3) is 0 Å². The molecule has 0 radical (unpaired) electrons. The van der Waals surface area contributed by atoms with Gasteiger partial charge in [-0.25, -0.2) is 9.07 Å². The van der Waals surface area contributed by atoms with Gasteiger partial charge in [-0.05, 0) is 36.2 Å². The van der Waals surface area contributed by atoms with Gasteiger partial charge in [-0.1, -0.05) is 24.3 Å². The number of hydrogen-bond donors (Lipinski definition) is 1. The highest BCUT2D eigenvalue weighted by Gasteiger charge is 2.30. The molecule has 1 amide bonds. The number of benzene rings is 2. The summed E-state index contributed by atoms with van der Waals surface area (Å²) >= 11 is 3.19. The van der Waals surface area contributed by atoms with Gasteiger partial charge in [-0.2, -0.15) is 5.10 Å². The Hall–Kier alpha value is -2.68. The highest BCUT2D eigenvalue weighted by atomic mass is 32.2. The van der Waals surface area contributed by atoms with Crippen LogP contribution in [0.2, 0.25) is 0 Å². The Balaban J connectivity index is 1.29. The van der Waals surface area contributed by atoms with Crippen molar-refractivity contribution in [1.82, 2.24) is 19.1 Å². The van der Waals surface area contributed by atoms with Crippen molar-refractivity contribution in [3.63, 3.8) is 0 Å². The van der Waals surface area contributed by atoms with E-state index >= 15 is 0 Å². The second kappa shape index (κ2) is 7.29. The first-order valence-electron chi connectivity index (χ1n) is 9.27. The molecule has 5 rings (SSSR count). The minimum Gasteiger partial charge on any atom is -0.331 e. The molecule has 0 fully saturated rings. The van der Waals surface area contributed by atoms with Crippen molar-refractivity contribution < 1.29 is 4.79 Å². The molecule has 3 heterocycles. The minimum absolute atomic E-state index is 0.0628. The molecule has 0 saturated carbocycles. The molecular formula is C21H19N5OS2. The molecule has 2 aromatic heterocycles. The van der Waals surface area contributed by atoms with Crippen LogP contribution in [0.25, 0.3) is 10.2 Å². The van der Waals surface area contributed by atoms with E-state index in [-0.39, 0.29) is 5.91 Å². The van der Waals surface area contributed by atoms with Crippen LogP contribution in [0.5, 0.6) is 0 Å². The van der Waals surface area contributed by atoms with Crippen LogP contribution in [0, 0.1) is 6.92 Å². The van der Waals surface area contributed by atoms with Crippen molar-refractivity contribution in [2.45, 2.75) is 31.0 Å². The van der Waals surface area contributed by atoms with Crippen molar-refractivity contribution >= 4 is 39.4 Å². The molecule has 1 aliphatic rings. The number of fused-ring (bicyclic) bond motifs is 2. The summed E-state index contributed by atoms with van der Waals surface area (Å²) in [5, 5.41) is 4.67. The first kappa shape index (κ1) is 18.4. The number of carbonyl (C=O) groups is 1. The SMILES string of the molecule is Cc1ccccc1C(N)C(=O)N1Cc2cn(Sc3ccc4ncsc4c3)nc2C1. The molecule has 0 saturated heterocycles. The van der Waals surface area contributed by atoms with E-state index in [9.17, 15) is 4.79 Å². The largest absolute Gasteiger partial charge is 0.331 e. The van der Waals surface area contributed by atoms with Crippen LogP contribution in [0.4, 0.5) is 0 Å². The Morgan fingerprint density at radius 3 is 2.93 bits per heavy atom. The van der Waals surface area contributed by atoms with Gasteiger partial charge in [0, 0.05) is 35.1 Å². The third-order valence-electron chi connectivity index (χ3n) is 5.16. The lowest BCUT2D eigenvalue weighted by atomic mass is 10.0. The molecule has 0 bridgehead atoms. The Labute approximate surface area is 176 Å². The highest BCUT2D eigenvalue weighted by molar-refractivity contribution is 7.97. The van der Waals surface area contributed by atoms with Crippen molar-refractivity contribution in [2.24, 2.45) is 5.73 Å². The lowest BCUT2D eigenvalue weighted by molar-refractivity contribution is -0.133. The Morgan fingerprint density at radius 2 is 2.10 bits per heavy atom. The molecule has 29 heavy (non-hydrogen) atoms. The molecule has 146 valence electrons. The van der Waals surface area contributed by atoms with Crippen molar-refractivity contribution in [3.8, 4) is 0 Å². The molecule has 1 atom stereocenters. The number of thiazole rings is 1. The summed E-state index contributed by atoms with van der Waals surface area (Å²) in [6.07, 6.45) is 2.00. The molecule has 2 N–H and O–H groups in total. The number of hydrogen-bond acceptors (Lipinski definition) is 6. The Kier molecular flexibility index (Phi) is 4.61. The van der Waals surface area contributed by atoms with E-state index in [1.807, 2.05) is 53.1 Å². The zero-order valence-corrected chi connectivity index (χ0v) is 17.4. The van der Waals surface area contributed by atoms with E-state index in [1.54, 1.807) is 28.2 Å². The number of amides is 1. The van der Waals surface area contributed by atoms with E-state index < -0.39 is 6.04 Å². The molecule has 8 heteroatoms. The third-order valence-corrected chi connectivity index (χ3v) is 6.79. The smallest absolute Gasteiger partial charge is 0.244 e. The molecule has 1 unspecified atom stereocenters. The number of aryl methyl sites for hydroxylation is 1.